The first-order chi connectivity index (χ1) is 16.9. The molecule has 3 aromatic rings. The number of nitrogens with zero attached hydrogens (tertiary/aromatic N) is 1. The third kappa shape index (κ3) is 5.03. The summed E-state index contributed by atoms with van der Waals surface area (Å²) in [4.78, 5) is 37.6. The number of phenols is 1. The van der Waals surface area contributed by atoms with Gasteiger partial charge in [0.2, 0.25) is 12.0 Å². The number of hydrogen-bond donors (Lipinski definition) is 3. The number of hydrazine groups is 1. The monoisotopic (exact) mass is 475 g/mol. The van der Waals surface area contributed by atoms with Crippen molar-refractivity contribution in [1.82, 2.24) is 10.4 Å². The number of para-hydroxylation sites is 2. The summed E-state index contributed by atoms with van der Waals surface area (Å²) in [7, 11) is 0. The fourth-order valence-corrected chi connectivity index (χ4v) is 3.82. The van der Waals surface area contributed by atoms with E-state index in [9.17, 15) is 19.5 Å². The van der Waals surface area contributed by atoms with Crippen LogP contribution in [0, 0.1) is 0 Å². The molecule has 1 saturated heterocycles. The average Bonchev–Trinajstić information content (AvgIpc) is 2.84. The van der Waals surface area contributed by atoms with Gasteiger partial charge in [-0.05, 0) is 37.3 Å². The van der Waals surface area contributed by atoms with Crippen molar-refractivity contribution in [2.75, 3.05) is 11.9 Å². The minimum Gasteiger partial charge on any atom is -0.508 e. The molecule has 1 aliphatic heterocycles. The molecule has 0 aromatic heterocycles. The number of anilines is 1. The number of amides is 3. The lowest BCUT2D eigenvalue weighted by Gasteiger charge is -2.46. The summed E-state index contributed by atoms with van der Waals surface area (Å²) in [6.45, 7) is 3.44. The molecule has 1 heterocycles. The first-order valence-corrected chi connectivity index (χ1v) is 11.1. The highest BCUT2D eigenvalue weighted by atomic mass is 16.5. The van der Waals surface area contributed by atoms with Gasteiger partial charge in [0, 0.05) is 24.2 Å². The number of ether oxygens (including phenoxy) is 2. The van der Waals surface area contributed by atoms with Crippen LogP contribution in [0.15, 0.2) is 72.8 Å². The number of nitrogens with one attached hydrogen (secondary N) is 2. The van der Waals surface area contributed by atoms with E-state index in [4.69, 9.17) is 9.47 Å². The van der Waals surface area contributed by atoms with Crippen molar-refractivity contribution in [3.8, 4) is 17.2 Å². The summed E-state index contributed by atoms with van der Waals surface area (Å²) in [6, 6.07) is 19.3. The molecule has 1 fully saturated rings. The van der Waals surface area contributed by atoms with Crippen molar-refractivity contribution in [3.63, 3.8) is 0 Å². The van der Waals surface area contributed by atoms with Gasteiger partial charge >= 0.3 is 0 Å². The van der Waals surface area contributed by atoms with Crippen molar-refractivity contribution in [3.05, 3.63) is 83.9 Å². The van der Waals surface area contributed by atoms with E-state index in [0.717, 1.165) is 5.01 Å². The quantitative estimate of drug-likeness (QED) is 0.430. The highest BCUT2D eigenvalue weighted by molar-refractivity contribution is 6.00. The number of rotatable bonds is 8. The van der Waals surface area contributed by atoms with Gasteiger partial charge in [0.15, 0.2) is 0 Å². The number of benzene rings is 3. The molecule has 0 bridgehead atoms. The maximum atomic E-state index is 13.2. The van der Waals surface area contributed by atoms with Crippen LogP contribution in [0.2, 0.25) is 0 Å². The molecule has 3 amide bonds. The van der Waals surface area contributed by atoms with Gasteiger partial charge in [-0.25, -0.2) is 5.01 Å². The van der Waals surface area contributed by atoms with E-state index in [1.807, 2.05) is 6.07 Å². The molecule has 0 unspecified atom stereocenters. The second-order valence-electron chi connectivity index (χ2n) is 7.83. The maximum absolute atomic E-state index is 13.2. The molecule has 35 heavy (non-hydrogen) atoms. The van der Waals surface area contributed by atoms with Gasteiger partial charge in [-0.15, -0.1) is 0 Å². The molecule has 3 N–H and O–H groups in total. The highest BCUT2D eigenvalue weighted by Gasteiger charge is 2.52. The van der Waals surface area contributed by atoms with Crippen LogP contribution in [-0.4, -0.2) is 40.5 Å². The van der Waals surface area contributed by atoms with E-state index in [0.29, 0.717) is 23.6 Å². The molecule has 2 atom stereocenters. The van der Waals surface area contributed by atoms with Crippen LogP contribution in [0.3, 0.4) is 0 Å². The zero-order chi connectivity index (χ0) is 24.9. The van der Waals surface area contributed by atoms with Crippen molar-refractivity contribution in [2.24, 2.45) is 0 Å². The summed E-state index contributed by atoms with van der Waals surface area (Å²) < 4.78 is 11.5. The normalized spacial score (nSPS) is 16.7. The van der Waals surface area contributed by atoms with E-state index < -0.39 is 24.0 Å². The summed E-state index contributed by atoms with van der Waals surface area (Å²) in [6.07, 6.45) is -0.945. The number of hydrogen-bond acceptors (Lipinski definition) is 6. The Balaban J connectivity index is 1.61. The third-order valence-electron chi connectivity index (χ3n) is 5.38. The van der Waals surface area contributed by atoms with E-state index in [1.165, 1.54) is 19.1 Å². The first kappa shape index (κ1) is 23.6. The van der Waals surface area contributed by atoms with Crippen LogP contribution in [0.5, 0.6) is 17.2 Å². The minimum absolute atomic E-state index is 0.0272. The molecule has 0 radical (unpaired) electrons. The van der Waals surface area contributed by atoms with Crippen LogP contribution in [0.25, 0.3) is 0 Å². The van der Waals surface area contributed by atoms with Crippen LogP contribution < -0.4 is 20.2 Å². The van der Waals surface area contributed by atoms with Gasteiger partial charge in [0.1, 0.15) is 23.3 Å². The molecule has 180 valence electrons. The zero-order valence-corrected chi connectivity index (χ0v) is 19.2. The number of aromatic hydroxyl groups is 1. The molecular weight excluding hydrogens is 450 g/mol. The number of β-lactam (4-membered cyclic amide) rings is 1. The van der Waals surface area contributed by atoms with Crippen molar-refractivity contribution in [1.29, 1.82) is 0 Å². The van der Waals surface area contributed by atoms with Crippen molar-refractivity contribution >= 4 is 23.4 Å². The van der Waals surface area contributed by atoms with Crippen LogP contribution >= 0.6 is 0 Å². The Labute approximate surface area is 202 Å². The van der Waals surface area contributed by atoms with Gasteiger partial charge in [0.25, 0.3) is 11.8 Å². The maximum Gasteiger partial charge on any atom is 0.285 e. The van der Waals surface area contributed by atoms with E-state index in [-0.39, 0.29) is 23.0 Å². The van der Waals surface area contributed by atoms with Crippen LogP contribution in [-0.2, 0) is 9.59 Å². The van der Waals surface area contributed by atoms with Gasteiger partial charge in [-0.2, -0.15) is 0 Å². The molecule has 3 aromatic carbocycles. The van der Waals surface area contributed by atoms with Gasteiger partial charge in [-0.1, -0.05) is 36.4 Å². The topological polar surface area (TPSA) is 117 Å². The lowest BCUT2D eigenvalue weighted by Crippen LogP contribution is -2.67. The Kier molecular flexibility index (Phi) is 6.86. The molecule has 0 saturated carbocycles. The SMILES string of the molecule is CCOc1cc(NC(C)=O)ccc1C(=O)NN1C(=O)[C@H](Oc2ccccc2)[C@H]1c1ccccc1O. The van der Waals surface area contributed by atoms with Gasteiger partial charge in [0.05, 0.1) is 12.2 Å². The second-order valence-corrected chi connectivity index (χ2v) is 7.83. The largest absolute Gasteiger partial charge is 0.508 e. The van der Waals surface area contributed by atoms with E-state index in [1.54, 1.807) is 61.5 Å². The summed E-state index contributed by atoms with van der Waals surface area (Å²) >= 11 is 0. The fourth-order valence-electron chi connectivity index (χ4n) is 3.82. The Morgan fingerprint density at radius 2 is 1.74 bits per heavy atom. The lowest BCUT2D eigenvalue weighted by atomic mass is 9.91. The minimum atomic E-state index is -0.945. The smallest absolute Gasteiger partial charge is 0.285 e. The third-order valence-corrected chi connectivity index (χ3v) is 5.38. The number of phenolic OH excluding ortho intramolecular Hbond substituents is 1. The summed E-state index contributed by atoms with van der Waals surface area (Å²) in [5.41, 5.74) is 3.70. The predicted molar refractivity (Wildman–Crippen MR) is 128 cm³/mol. The Morgan fingerprint density at radius 3 is 2.43 bits per heavy atom. The second kappa shape index (κ2) is 10.2. The van der Waals surface area contributed by atoms with Crippen LogP contribution in [0.1, 0.15) is 35.8 Å². The van der Waals surface area contributed by atoms with E-state index in [2.05, 4.69) is 10.7 Å². The molecule has 0 spiro atoms. The summed E-state index contributed by atoms with van der Waals surface area (Å²) in [5.74, 6) is -0.603. The van der Waals surface area contributed by atoms with Crippen LogP contribution in [0.4, 0.5) is 5.69 Å². The average molecular weight is 476 g/mol. The molecule has 1 aliphatic rings. The molecule has 9 heteroatoms. The van der Waals surface area contributed by atoms with Crippen molar-refractivity contribution in [2.45, 2.75) is 26.0 Å². The lowest BCUT2D eigenvalue weighted by molar-refractivity contribution is -0.169. The molecule has 9 nitrogen and oxygen atoms in total. The van der Waals surface area contributed by atoms with Gasteiger partial charge < -0.3 is 19.9 Å². The Hall–Kier alpha value is -4.53. The highest BCUT2D eigenvalue weighted by Crippen LogP contribution is 2.40. The number of carbonyl (C=O) groups excluding carboxylic acids is 3. The summed E-state index contributed by atoms with van der Waals surface area (Å²) in [5, 5.41) is 14.2. The Morgan fingerprint density at radius 1 is 1.03 bits per heavy atom. The standard InChI is InChI=1S/C26H25N3O6/c1-3-34-22-15-17(27-16(2)30)13-14-20(22)25(32)28-29-23(19-11-7-8-12-21(19)31)24(26(29)33)35-18-9-5-4-6-10-18/h4-15,23-24,31H,3H2,1-2H3,(H,27,30)(H,28,32)/t23-,24-/m1/s1. The molecular formula is C26H25N3O6. The van der Waals surface area contributed by atoms with Gasteiger partial charge in [-0.3, -0.25) is 19.8 Å². The fraction of sp³-hybridized carbons (Fsp3) is 0.192. The number of carbonyl (C=O) groups is 3. The molecule has 4 rings (SSSR count). The first-order valence-electron chi connectivity index (χ1n) is 11.1. The predicted octanol–water partition coefficient (Wildman–Crippen LogP) is 3.43. The zero-order valence-electron chi connectivity index (χ0n) is 19.2. The Bertz CT molecular complexity index is 1250. The molecule has 0 aliphatic carbocycles. The van der Waals surface area contributed by atoms with E-state index >= 15 is 0 Å². The van der Waals surface area contributed by atoms with Crippen molar-refractivity contribution < 1.29 is 29.0 Å².